The van der Waals surface area contributed by atoms with E-state index in [0.29, 0.717) is 18.0 Å². The summed E-state index contributed by atoms with van der Waals surface area (Å²) in [6, 6.07) is 17.0. The highest BCUT2D eigenvalue weighted by molar-refractivity contribution is 6.45. The number of hydrogen-bond acceptors (Lipinski definition) is 5. The van der Waals surface area contributed by atoms with Gasteiger partial charge in [0.15, 0.2) is 0 Å². The molecule has 0 N–H and O–H groups in total. The van der Waals surface area contributed by atoms with Crippen LogP contribution in [0.3, 0.4) is 0 Å². The molecule has 1 aliphatic carbocycles. The third-order valence-corrected chi connectivity index (χ3v) is 7.52. The van der Waals surface area contributed by atoms with Gasteiger partial charge in [0.25, 0.3) is 11.8 Å². The number of hydrazone groups is 1. The molecule has 3 atom stereocenters. The molecule has 0 radical (unpaired) electrons. The molecule has 1 saturated carbocycles. The first-order valence-electron chi connectivity index (χ1n) is 11.5. The number of carbonyl (C=O) groups excluding carboxylic acids is 3. The third-order valence-electron chi connectivity index (χ3n) is 7.52. The molecule has 7 nitrogen and oxygen atoms in total. The third kappa shape index (κ3) is 2.76. The van der Waals surface area contributed by atoms with E-state index in [-0.39, 0.29) is 12.5 Å². The summed E-state index contributed by atoms with van der Waals surface area (Å²) in [6.45, 7) is 8.08. The van der Waals surface area contributed by atoms with Gasteiger partial charge < -0.3 is 9.64 Å². The summed E-state index contributed by atoms with van der Waals surface area (Å²) in [4.78, 5) is 42.7. The first kappa shape index (κ1) is 22.3. The Bertz CT molecular complexity index is 1210. The second-order valence-corrected chi connectivity index (χ2v) is 10.4. The molecule has 3 aliphatic rings. The lowest BCUT2D eigenvalue weighted by Crippen LogP contribution is -2.44. The van der Waals surface area contributed by atoms with Crippen molar-refractivity contribution in [3.8, 4) is 5.75 Å². The molecule has 34 heavy (non-hydrogen) atoms. The minimum Gasteiger partial charge on any atom is -0.497 e. The molecular formula is C27H29N3O4. The van der Waals surface area contributed by atoms with Crippen LogP contribution in [0, 0.1) is 10.8 Å². The van der Waals surface area contributed by atoms with Crippen LogP contribution in [0.4, 0.5) is 0 Å². The maximum Gasteiger partial charge on any atom is 0.291 e. The molecule has 2 aliphatic heterocycles. The molecule has 2 unspecified atom stereocenters. The molecule has 2 fully saturated rings. The van der Waals surface area contributed by atoms with Gasteiger partial charge in [-0.1, -0.05) is 42.5 Å². The second-order valence-electron chi connectivity index (χ2n) is 10.4. The Balaban J connectivity index is 1.61. The van der Waals surface area contributed by atoms with E-state index in [1.165, 1.54) is 5.01 Å². The van der Waals surface area contributed by atoms with E-state index < -0.39 is 34.0 Å². The monoisotopic (exact) mass is 459 g/mol. The molecule has 2 amide bonds. The van der Waals surface area contributed by atoms with Gasteiger partial charge in [0.2, 0.25) is 5.78 Å². The lowest BCUT2D eigenvalue weighted by atomic mass is 9.86. The minimum absolute atomic E-state index is 0.187. The summed E-state index contributed by atoms with van der Waals surface area (Å²) in [6.07, 6.45) is 0. The van der Waals surface area contributed by atoms with Gasteiger partial charge in [-0.2, -0.15) is 5.10 Å². The predicted octanol–water partition coefficient (Wildman–Crippen LogP) is 3.39. The van der Waals surface area contributed by atoms with Crippen molar-refractivity contribution in [1.29, 1.82) is 0 Å². The molecule has 0 aromatic heterocycles. The van der Waals surface area contributed by atoms with Gasteiger partial charge in [0, 0.05) is 19.0 Å². The van der Waals surface area contributed by atoms with E-state index in [1.807, 2.05) is 82.3 Å². The highest BCUT2D eigenvalue weighted by Crippen LogP contribution is 2.79. The minimum atomic E-state index is -1.17. The largest absolute Gasteiger partial charge is 0.497 e. The zero-order chi connectivity index (χ0) is 24.5. The second kappa shape index (κ2) is 7.26. The van der Waals surface area contributed by atoms with Crippen LogP contribution < -0.4 is 4.74 Å². The summed E-state index contributed by atoms with van der Waals surface area (Å²) in [7, 11) is 1.59. The van der Waals surface area contributed by atoms with Gasteiger partial charge in [0.05, 0.1) is 23.8 Å². The van der Waals surface area contributed by atoms with Crippen molar-refractivity contribution in [1.82, 2.24) is 9.91 Å². The van der Waals surface area contributed by atoms with Crippen molar-refractivity contribution >= 4 is 23.3 Å². The molecule has 1 saturated heterocycles. The molecule has 5 rings (SSSR count). The number of ether oxygens (including phenoxy) is 1. The standard InChI is InChI=1S/C27H29N3O4/c1-17-27(24(33)30(28-17)25(2,3)4)21(19-11-13-20(34-5)14-12-19)26(27)16-29(23(32)22(26)31)15-18-9-7-6-8-10-18/h6-14,21H,15-16H2,1-5H3/t21-,26?,27?/m0/s1. The Morgan fingerprint density at radius 1 is 1.03 bits per heavy atom. The maximum absolute atomic E-state index is 14.0. The van der Waals surface area contributed by atoms with Gasteiger partial charge in [-0.05, 0) is 51.0 Å². The molecule has 176 valence electrons. The van der Waals surface area contributed by atoms with Crippen LogP contribution >= 0.6 is 0 Å². The fraction of sp³-hybridized carbons (Fsp3) is 0.407. The fourth-order valence-corrected chi connectivity index (χ4v) is 6.00. The van der Waals surface area contributed by atoms with Crippen molar-refractivity contribution in [3.63, 3.8) is 0 Å². The van der Waals surface area contributed by atoms with Crippen LogP contribution in [0.25, 0.3) is 0 Å². The number of methoxy groups -OCH3 is 1. The normalized spacial score (nSPS) is 28.3. The number of rotatable bonds is 4. The average Bonchev–Trinajstić information content (AvgIpc) is 3.24. The van der Waals surface area contributed by atoms with Gasteiger partial charge in [0.1, 0.15) is 11.2 Å². The summed E-state index contributed by atoms with van der Waals surface area (Å²) in [5.41, 5.74) is -0.509. The van der Waals surface area contributed by atoms with E-state index in [1.54, 1.807) is 12.0 Å². The number of fused-ring (bicyclic) bond motifs is 1. The summed E-state index contributed by atoms with van der Waals surface area (Å²) >= 11 is 0. The smallest absolute Gasteiger partial charge is 0.291 e. The Hall–Kier alpha value is -3.48. The first-order chi connectivity index (χ1) is 16.1. The molecule has 7 heteroatoms. The van der Waals surface area contributed by atoms with E-state index in [4.69, 9.17) is 4.74 Å². The SMILES string of the molecule is COc1ccc([C@H]2C3(CN(Cc4ccccc4)C(=O)C3=O)C23C(=O)N(C(C)(C)C)N=C3C)cc1. The van der Waals surface area contributed by atoms with Gasteiger partial charge in [-0.15, -0.1) is 0 Å². The van der Waals surface area contributed by atoms with Gasteiger partial charge >= 0.3 is 0 Å². The Labute approximate surface area is 199 Å². The zero-order valence-corrected chi connectivity index (χ0v) is 20.2. The van der Waals surface area contributed by atoms with E-state index in [2.05, 4.69) is 5.10 Å². The molecular weight excluding hydrogens is 430 g/mol. The number of Topliss-reactive ketones (excluding diaryl/α,β-unsaturated/α-hetero) is 1. The summed E-state index contributed by atoms with van der Waals surface area (Å²) < 4.78 is 5.30. The molecule has 2 heterocycles. The van der Waals surface area contributed by atoms with Gasteiger partial charge in [-0.25, -0.2) is 5.01 Å². The number of carbonyl (C=O) groups is 3. The number of likely N-dealkylation sites (tertiary alicyclic amines) is 1. The number of amides is 2. The Kier molecular flexibility index (Phi) is 4.76. The van der Waals surface area contributed by atoms with Crippen molar-refractivity contribution < 1.29 is 19.1 Å². The number of benzene rings is 2. The zero-order valence-electron chi connectivity index (χ0n) is 20.2. The Morgan fingerprint density at radius 3 is 2.24 bits per heavy atom. The number of nitrogens with zero attached hydrogens (tertiary/aromatic N) is 3. The molecule has 2 spiro atoms. The van der Waals surface area contributed by atoms with Crippen LogP contribution in [0.2, 0.25) is 0 Å². The van der Waals surface area contributed by atoms with Crippen LogP contribution in [0.1, 0.15) is 44.7 Å². The highest BCUT2D eigenvalue weighted by Gasteiger charge is 2.90. The van der Waals surface area contributed by atoms with Crippen LogP contribution in [-0.2, 0) is 20.9 Å². The number of hydrogen-bond donors (Lipinski definition) is 0. The van der Waals surface area contributed by atoms with E-state index in [9.17, 15) is 14.4 Å². The molecule has 2 aromatic rings. The highest BCUT2D eigenvalue weighted by atomic mass is 16.5. The number of ketones is 1. The first-order valence-corrected chi connectivity index (χ1v) is 11.5. The van der Waals surface area contributed by atoms with Crippen LogP contribution in [0.5, 0.6) is 5.75 Å². The van der Waals surface area contributed by atoms with Crippen molar-refractivity contribution in [2.45, 2.75) is 45.7 Å². The van der Waals surface area contributed by atoms with E-state index >= 15 is 0 Å². The van der Waals surface area contributed by atoms with Crippen LogP contribution in [-0.4, -0.2) is 52.4 Å². The maximum atomic E-state index is 14.0. The van der Waals surface area contributed by atoms with E-state index in [0.717, 1.165) is 11.1 Å². The summed E-state index contributed by atoms with van der Waals surface area (Å²) in [5.74, 6) is -1.02. The van der Waals surface area contributed by atoms with Crippen molar-refractivity contribution in [3.05, 3.63) is 65.7 Å². The summed E-state index contributed by atoms with van der Waals surface area (Å²) in [5, 5.41) is 6.14. The lowest BCUT2D eigenvalue weighted by Gasteiger charge is -2.29. The topological polar surface area (TPSA) is 79.3 Å². The van der Waals surface area contributed by atoms with Crippen molar-refractivity contribution in [2.24, 2.45) is 15.9 Å². The molecule has 2 aromatic carbocycles. The van der Waals surface area contributed by atoms with Crippen LogP contribution in [0.15, 0.2) is 59.7 Å². The average molecular weight is 460 g/mol. The predicted molar refractivity (Wildman–Crippen MR) is 127 cm³/mol. The Morgan fingerprint density at radius 2 is 1.68 bits per heavy atom. The quantitative estimate of drug-likeness (QED) is 0.657. The van der Waals surface area contributed by atoms with Crippen molar-refractivity contribution in [2.75, 3.05) is 13.7 Å². The van der Waals surface area contributed by atoms with Gasteiger partial charge in [-0.3, -0.25) is 14.4 Å². The lowest BCUT2D eigenvalue weighted by molar-refractivity contribution is -0.143. The fourth-order valence-electron chi connectivity index (χ4n) is 6.00. The molecule has 0 bridgehead atoms.